The molecule has 0 spiro atoms. The highest BCUT2D eigenvalue weighted by Gasteiger charge is 2.33. The number of aliphatic hydroxyl groups is 1. The molecule has 0 aliphatic carbocycles. The molecule has 5 heteroatoms. The Labute approximate surface area is 120 Å². The first kappa shape index (κ1) is 13.9. The fourth-order valence-electron chi connectivity index (χ4n) is 2.00. The van der Waals surface area contributed by atoms with Crippen LogP contribution in [0.4, 0.5) is 5.69 Å². The molecule has 1 amide bonds. The van der Waals surface area contributed by atoms with Gasteiger partial charge in [0.15, 0.2) is 0 Å². The lowest BCUT2D eigenvalue weighted by Crippen LogP contribution is -2.29. The van der Waals surface area contributed by atoms with Gasteiger partial charge in [-0.2, -0.15) is 0 Å². The first-order valence-corrected chi connectivity index (χ1v) is 7.68. The number of hydrogen-bond donors (Lipinski definition) is 1. The van der Waals surface area contributed by atoms with Crippen molar-refractivity contribution in [3.63, 3.8) is 0 Å². The number of amides is 1. The summed E-state index contributed by atoms with van der Waals surface area (Å²) >= 11 is 4.98. The van der Waals surface area contributed by atoms with Crippen LogP contribution in [-0.2, 0) is 4.79 Å². The third kappa shape index (κ3) is 3.08. The summed E-state index contributed by atoms with van der Waals surface area (Å²) in [4.78, 5) is 14.1. The second-order valence-electron chi connectivity index (χ2n) is 4.38. The lowest BCUT2D eigenvalue weighted by Gasteiger charge is -2.18. The normalized spacial score (nSPS) is 21.4. The monoisotopic (exact) mass is 329 g/mol. The molecule has 1 heterocycles. The number of nitrogens with zero attached hydrogens (tertiary/aromatic N) is 1. The molecule has 0 bridgehead atoms. The van der Waals surface area contributed by atoms with Crippen LogP contribution in [-0.4, -0.2) is 34.7 Å². The minimum atomic E-state index is -0.0221. The van der Waals surface area contributed by atoms with E-state index in [9.17, 15) is 4.79 Å². The molecule has 1 aromatic carbocycles. The van der Waals surface area contributed by atoms with Gasteiger partial charge in [-0.1, -0.05) is 28.9 Å². The SMILES string of the molecule is C[C@H](CO)S[C@H]1CCN(c2cccc(Br)c2)C1=O. The molecule has 1 saturated heterocycles. The van der Waals surface area contributed by atoms with Crippen LogP contribution in [0.15, 0.2) is 28.7 Å². The smallest absolute Gasteiger partial charge is 0.240 e. The number of benzene rings is 1. The number of anilines is 1. The standard InChI is InChI=1S/C13H16BrNO2S/c1-9(8-16)18-12-5-6-15(13(12)17)11-4-2-3-10(14)7-11/h2-4,7,9,12,16H,5-6,8H2,1H3/t9-,12+/m1/s1. The molecular formula is C13H16BrNO2S. The largest absolute Gasteiger partial charge is 0.395 e. The summed E-state index contributed by atoms with van der Waals surface area (Å²) in [6.45, 7) is 2.82. The summed E-state index contributed by atoms with van der Waals surface area (Å²) in [5.41, 5.74) is 0.939. The van der Waals surface area contributed by atoms with E-state index in [4.69, 9.17) is 5.11 Å². The number of aliphatic hydroxyl groups excluding tert-OH is 1. The van der Waals surface area contributed by atoms with Gasteiger partial charge in [0.2, 0.25) is 5.91 Å². The summed E-state index contributed by atoms with van der Waals surface area (Å²) < 4.78 is 0.979. The van der Waals surface area contributed by atoms with E-state index in [0.29, 0.717) is 0 Å². The van der Waals surface area contributed by atoms with Gasteiger partial charge in [-0.25, -0.2) is 0 Å². The van der Waals surface area contributed by atoms with Gasteiger partial charge in [-0.3, -0.25) is 4.79 Å². The van der Waals surface area contributed by atoms with Crippen LogP contribution in [0.5, 0.6) is 0 Å². The van der Waals surface area contributed by atoms with E-state index in [1.54, 1.807) is 11.8 Å². The van der Waals surface area contributed by atoms with Gasteiger partial charge >= 0.3 is 0 Å². The first-order valence-electron chi connectivity index (χ1n) is 5.95. The number of halogens is 1. The van der Waals surface area contributed by atoms with Gasteiger partial charge in [-0.05, 0) is 24.6 Å². The van der Waals surface area contributed by atoms with Crippen LogP contribution in [0.3, 0.4) is 0 Å². The van der Waals surface area contributed by atoms with E-state index in [0.717, 1.165) is 23.1 Å². The summed E-state index contributed by atoms with van der Waals surface area (Å²) in [7, 11) is 0. The maximum Gasteiger partial charge on any atom is 0.240 e. The molecule has 1 fully saturated rings. The Morgan fingerprint density at radius 3 is 3.06 bits per heavy atom. The maximum atomic E-state index is 12.3. The Bertz CT molecular complexity index is 441. The fraction of sp³-hybridized carbons (Fsp3) is 0.462. The predicted molar refractivity (Wildman–Crippen MR) is 79.0 cm³/mol. The van der Waals surface area contributed by atoms with Crippen molar-refractivity contribution in [3.05, 3.63) is 28.7 Å². The Kier molecular flexibility index (Phi) is 4.70. The Hall–Kier alpha value is -0.520. The zero-order valence-electron chi connectivity index (χ0n) is 10.2. The molecule has 2 rings (SSSR count). The predicted octanol–water partition coefficient (Wildman–Crippen LogP) is 2.67. The third-order valence-electron chi connectivity index (χ3n) is 2.93. The zero-order valence-corrected chi connectivity index (χ0v) is 12.6. The number of thioether (sulfide) groups is 1. The number of carbonyl (C=O) groups excluding carboxylic acids is 1. The van der Waals surface area contributed by atoms with E-state index >= 15 is 0 Å². The lowest BCUT2D eigenvalue weighted by molar-refractivity contribution is -0.116. The summed E-state index contributed by atoms with van der Waals surface area (Å²) in [5, 5.41) is 9.14. The van der Waals surface area contributed by atoms with Crippen LogP contribution in [0.1, 0.15) is 13.3 Å². The lowest BCUT2D eigenvalue weighted by atomic mass is 10.3. The highest BCUT2D eigenvalue weighted by Crippen LogP contribution is 2.31. The quantitative estimate of drug-likeness (QED) is 0.923. The second kappa shape index (κ2) is 6.08. The topological polar surface area (TPSA) is 40.5 Å². The fourth-order valence-corrected chi connectivity index (χ4v) is 3.52. The van der Waals surface area contributed by atoms with Crippen LogP contribution in [0.2, 0.25) is 0 Å². The van der Waals surface area contributed by atoms with Crippen LogP contribution in [0, 0.1) is 0 Å². The van der Waals surface area contributed by atoms with Crippen molar-refractivity contribution in [2.45, 2.75) is 23.8 Å². The molecule has 18 heavy (non-hydrogen) atoms. The van der Waals surface area contributed by atoms with Crippen molar-refractivity contribution in [3.8, 4) is 0 Å². The van der Waals surface area contributed by atoms with E-state index in [2.05, 4.69) is 15.9 Å². The molecule has 3 nitrogen and oxygen atoms in total. The average molecular weight is 330 g/mol. The summed E-state index contributed by atoms with van der Waals surface area (Å²) in [5.74, 6) is 0.151. The van der Waals surface area contributed by atoms with E-state index in [-0.39, 0.29) is 23.0 Å². The molecule has 1 aliphatic heterocycles. The number of carbonyl (C=O) groups is 1. The highest BCUT2D eigenvalue weighted by molar-refractivity contribution is 9.10. The van der Waals surface area contributed by atoms with Crippen LogP contribution in [0.25, 0.3) is 0 Å². The summed E-state index contributed by atoms with van der Waals surface area (Å²) in [6, 6.07) is 7.79. The van der Waals surface area contributed by atoms with Crippen LogP contribution >= 0.6 is 27.7 Å². The molecule has 1 aliphatic rings. The molecule has 98 valence electrons. The molecule has 0 saturated carbocycles. The second-order valence-corrected chi connectivity index (χ2v) is 6.94. The molecule has 0 radical (unpaired) electrons. The molecule has 0 aromatic heterocycles. The van der Waals surface area contributed by atoms with Gasteiger partial charge in [0, 0.05) is 22.0 Å². The van der Waals surface area contributed by atoms with Crippen LogP contribution < -0.4 is 4.90 Å². The summed E-state index contributed by atoms with van der Waals surface area (Å²) in [6.07, 6.45) is 0.848. The van der Waals surface area contributed by atoms with Crippen molar-refractivity contribution in [1.82, 2.24) is 0 Å². The molecular weight excluding hydrogens is 314 g/mol. The molecule has 1 aromatic rings. The zero-order chi connectivity index (χ0) is 13.1. The van der Waals surface area contributed by atoms with Crippen molar-refractivity contribution in [1.29, 1.82) is 0 Å². The maximum absolute atomic E-state index is 12.3. The van der Waals surface area contributed by atoms with Gasteiger partial charge in [0.05, 0.1) is 11.9 Å². The van der Waals surface area contributed by atoms with Gasteiger partial charge in [0.25, 0.3) is 0 Å². The van der Waals surface area contributed by atoms with Gasteiger partial charge in [-0.15, -0.1) is 11.8 Å². The number of rotatable bonds is 4. The highest BCUT2D eigenvalue weighted by atomic mass is 79.9. The molecule has 2 atom stereocenters. The van der Waals surface area contributed by atoms with E-state index in [1.807, 2.05) is 36.1 Å². The van der Waals surface area contributed by atoms with Crippen molar-refractivity contribution in [2.24, 2.45) is 0 Å². The first-order chi connectivity index (χ1) is 8.61. The molecule has 0 unspecified atom stereocenters. The van der Waals surface area contributed by atoms with E-state index in [1.165, 1.54) is 0 Å². The molecule has 1 N–H and O–H groups in total. The van der Waals surface area contributed by atoms with Crippen molar-refractivity contribution < 1.29 is 9.90 Å². The van der Waals surface area contributed by atoms with Gasteiger partial charge in [0.1, 0.15) is 0 Å². The Balaban J connectivity index is 2.07. The minimum absolute atomic E-state index is 0.0221. The Morgan fingerprint density at radius 1 is 1.61 bits per heavy atom. The van der Waals surface area contributed by atoms with E-state index < -0.39 is 0 Å². The average Bonchev–Trinajstić information content (AvgIpc) is 2.71. The van der Waals surface area contributed by atoms with Crippen molar-refractivity contribution >= 4 is 39.3 Å². The minimum Gasteiger partial charge on any atom is -0.395 e. The number of hydrogen-bond acceptors (Lipinski definition) is 3. The Morgan fingerprint density at radius 2 is 2.39 bits per heavy atom. The third-order valence-corrected chi connectivity index (χ3v) is 4.80. The van der Waals surface area contributed by atoms with Gasteiger partial charge < -0.3 is 10.0 Å². The van der Waals surface area contributed by atoms with Crippen molar-refractivity contribution in [2.75, 3.05) is 18.1 Å².